The molecule has 0 aromatic heterocycles. The van der Waals surface area contributed by atoms with E-state index in [4.69, 9.17) is 4.74 Å². The van der Waals surface area contributed by atoms with E-state index in [0.29, 0.717) is 0 Å². The molecule has 1 amide bonds. The molecule has 0 radical (unpaired) electrons. The molecule has 1 rings (SSSR count). The van der Waals surface area contributed by atoms with E-state index in [1.54, 1.807) is 0 Å². The van der Waals surface area contributed by atoms with Crippen LogP contribution in [0.5, 0.6) is 0 Å². The number of carbonyl (C=O) groups is 1. The first-order valence-electron chi connectivity index (χ1n) is 7.02. The third-order valence-electron chi connectivity index (χ3n) is 3.18. The van der Waals surface area contributed by atoms with Crippen LogP contribution in [0.25, 0.3) is 0 Å². The molecule has 1 aliphatic heterocycles. The van der Waals surface area contributed by atoms with Gasteiger partial charge in [-0.05, 0) is 66.0 Å². The van der Waals surface area contributed by atoms with Crippen LogP contribution in [-0.4, -0.2) is 43.3 Å². The Kier molecular flexibility index (Phi) is 5.93. The van der Waals surface area contributed by atoms with Crippen molar-refractivity contribution in [2.45, 2.75) is 52.1 Å². The van der Waals surface area contributed by atoms with Crippen LogP contribution in [-0.2, 0) is 4.74 Å². The summed E-state index contributed by atoms with van der Waals surface area (Å²) in [4.78, 5) is 13.8. The van der Waals surface area contributed by atoms with Crippen LogP contribution < -0.4 is 5.32 Å². The van der Waals surface area contributed by atoms with Crippen molar-refractivity contribution >= 4 is 6.09 Å². The highest BCUT2D eigenvalue weighted by Crippen LogP contribution is 2.19. The minimum atomic E-state index is -0.407. The maximum Gasteiger partial charge on any atom is 0.407 e. The van der Waals surface area contributed by atoms with E-state index in [2.05, 4.69) is 17.3 Å². The van der Waals surface area contributed by atoms with E-state index in [9.17, 15) is 4.79 Å². The van der Waals surface area contributed by atoms with Crippen LogP contribution in [0.1, 0.15) is 46.5 Å². The Morgan fingerprint density at radius 3 is 2.78 bits per heavy atom. The summed E-state index contributed by atoms with van der Waals surface area (Å²) in [6.45, 7) is 8.79. The lowest BCUT2D eigenvalue weighted by molar-refractivity contribution is 0.0525. The van der Waals surface area contributed by atoms with E-state index in [1.165, 1.54) is 32.4 Å². The molecule has 4 heteroatoms. The third-order valence-corrected chi connectivity index (χ3v) is 3.18. The van der Waals surface area contributed by atoms with Gasteiger partial charge in [0, 0.05) is 13.1 Å². The first-order valence-corrected chi connectivity index (χ1v) is 7.02. The number of ether oxygens (including phenoxy) is 1. The van der Waals surface area contributed by atoms with E-state index in [1.807, 2.05) is 20.8 Å². The zero-order valence-corrected chi connectivity index (χ0v) is 12.3. The zero-order chi connectivity index (χ0) is 13.6. The molecule has 0 aromatic rings. The number of nitrogens with one attached hydrogen (secondary N) is 1. The summed E-state index contributed by atoms with van der Waals surface area (Å²) in [5.74, 6) is 0.796. The van der Waals surface area contributed by atoms with Crippen molar-refractivity contribution < 1.29 is 9.53 Å². The van der Waals surface area contributed by atoms with Crippen molar-refractivity contribution in [1.82, 2.24) is 10.2 Å². The van der Waals surface area contributed by atoms with Gasteiger partial charge in [0.2, 0.25) is 0 Å². The maximum absolute atomic E-state index is 11.4. The summed E-state index contributed by atoms with van der Waals surface area (Å²) in [6.07, 6.45) is 4.57. The van der Waals surface area contributed by atoms with Crippen molar-refractivity contribution in [3.8, 4) is 0 Å². The van der Waals surface area contributed by atoms with E-state index < -0.39 is 5.60 Å². The molecule has 18 heavy (non-hydrogen) atoms. The second-order valence-electron chi connectivity index (χ2n) is 6.34. The Balaban J connectivity index is 2.06. The van der Waals surface area contributed by atoms with Gasteiger partial charge < -0.3 is 15.0 Å². The monoisotopic (exact) mass is 256 g/mol. The average Bonchev–Trinajstić information content (AvgIpc) is 2.22. The van der Waals surface area contributed by atoms with Gasteiger partial charge in [-0.15, -0.1) is 0 Å². The quantitative estimate of drug-likeness (QED) is 0.786. The van der Waals surface area contributed by atoms with Gasteiger partial charge in [0.05, 0.1) is 0 Å². The molecular formula is C14H28N2O2. The lowest BCUT2D eigenvalue weighted by Gasteiger charge is -2.29. The molecule has 1 heterocycles. The molecule has 1 atom stereocenters. The van der Waals surface area contributed by atoms with Crippen LogP contribution >= 0.6 is 0 Å². The molecule has 0 aromatic carbocycles. The number of nitrogens with zero attached hydrogens (tertiary/aromatic N) is 1. The number of amides is 1. The van der Waals surface area contributed by atoms with Crippen LogP contribution in [0, 0.1) is 5.92 Å². The van der Waals surface area contributed by atoms with Gasteiger partial charge in [0.25, 0.3) is 0 Å². The van der Waals surface area contributed by atoms with Gasteiger partial charge in [-0.2, -0.15) is 0 Å². The number of hydrogen-bond donors (Lipinski definition) is 1. The highest BCUT2D eigenvalue weighted by Gasteiger charge is 2.17. The fourth-order valence-electron chi connectivity index (χ4n) is 2.40. The molecule has 1 N–H and O–H groups in total. The zero-order valence-electron chi connectivity index (χ0n) is 12.3. The van der Waals surface area contributed by atoms with Gasteiger partial charge in [0.15, 0.2) is 0 Å². The van der Waals surface area contributed by atoms with Crippen molar-refractivity contribution in [2.24, 2.45) is 5.92 Å². The molecule has 4 nitrogen and oxygen atoms in total. The lowest BCUT2D eigenvalue weighted by atomic mass is 9.94. The van der Waals surface area contributed by atoms with Gasteiger partial charge in [-0.1, -0.05) is 0 Å². The van der Waals surface area contributed by atoms with E-state index in [-0.39, 0.29) is 6.09 Å². The average molecular weight is 256 g/mol. The van der Waals surface area contributed by atoms with Crippen LogP contribution in [0.2, 0.25) is 0 Å². The topological polar surface area (TPSA) is 41.6 Å². The second-order valence-corrected chi connectivity index (χ2v) is 6.34. The molecule has 0 spiro atoms. The van der Waals surface area contributed by atoms with Crippen molar-refractivity contribution in [2.75, 3.05) is 26.7 Å². The lowest BCUT2D eigenvalue weighted by Crippen LogP contribution is -2.34. The second kappa shape index (κ2) is 6.98. The van der Waals surface area contributed by atoms with Crippen LogP contribution in [0.15, 0.2) is 0 Å². The highest BCUT2D eigenvalue weighted by atomic mass is 16.6. The summed E-state index contributed by atoms with van der Waals surface area (Å²) in [7, 11) is 2.19. The summed E-state index contributed by atoms with van der Waals surface area (Å²) < 4.78 is 5.19. The highest BCUT2D eigenvalue weighted by molar-refractivity contribution is 5.67. The molecule has 1 aliphatic rings. The van der Waals surface area contributed by atoms with Crippen LogP contribution in [0.3, 0.4) is 0 Å². The fourth-order valence-corrected chi connectivity index (χ4v) is 2.40. The fraction of sp³-hybridized carbons (Fsp3) is 0.929. The first kappa shape index (κ1) is 15.3. The van der Waals surface area contributed by atoms with E-state index in [0.717, 1.165) is 18.9 Å². The molecular weight excluding hydrogens is 228 g/mol. The Labute approximate surface area is 111 Å². The Hall–Kier alpha value is -0.770. The minimum Gasteiger partial charge on any atom is -0.444 e. The number of likely N-dealkylation sites (tertiary alicyclic amines) is 1. The standard InChI is InChI=1S/C14H28N2O2/c1-14(2,3)18-13(17)15-9-5-7-12-8-6-10-16(4)11-12/h12H,5-11H2,1-4H3,(H,15,17). The van der Waals surface area contributed by atoms with Gasteiger partial charge >= 0.3 is 6.09 Å². The molecule has 0 aliphatic carbocycles. The van der Waals surface area contributed by atoms with Gasteiger partial charge in [0.1, 0.15) is 5.60 Å². The predicted octanol–water partition coefficient (Wildman–Crippen LogP) is 2.63. The summed E-state index contributed by atoms with van der Waals surface area (Å²) in [5.41, 5.74) is -0.407. The normalized spacial score (nSPS) is 21.7. The maximum atomic E-state index is 11.4. The number of piperidine rings is 1. The molecule has 1 fully saturated rings. The summed E-state index contributed by atoms with van der Waals surface area (Å²) >= 11 is 0. The molecule has 106 valence electrons. The first-order chi connectivity index (χ1) is 8.37. The van der Waals surface area contributed by atoms with E-state index >= 15 is 0 Å². The predicted molar refractivity (Wildman–Crippen MR) is 73.7 cm³/mol. The SMILES string of the molecule is CN1CCCC(CCCNC(=O)OC(C)(C)C)C1. The van der Waals surface area contributed by atoms with Gasteiger partial charge in [-0.3, -0.25) is 0 Å². The number of hydrogen-bond acceptors (Lipinski definition) is 3. The summed E-state index contributed by atoms with van der Waals surface area (Å²) in [5, 5.41) is 2.82. The van der Waals surface area contributed by atoms with Crippen molar-refractivity contribution in [3.05, 3.63) is 0 Å². The Morgan fingerprint density at radius 1 is 1.44 bits per heavy atom. The van der Waals surface area contributed by atoms with Gasteiger partial charge in [-0.25, -0.2) is 4.79 Å². The van der Waals surface area contributed by atoms with Crippen LogP contribution in [0.4, 0.5) is 4.79 Å². The third kappa shape index (κ3) is 6.84. The largest absolute Gasteiger partial charge is 0.444 e. The molecule has 0 saturated carbocycles. The molecule has 0 bridgehead atoms. The number of carbonyl (C=O) groups excluding carboxylic acids is 1. The Bertz CT molecular complexity index is 261. The summed E-state index contributed by atoms with van der Waals surface area (Å²) in [6, 6.07) is 0. The minimum absolute atomic E-state index is 0.303. The van der Waals surface area contributed by atoms with Crippen molar-refractivity contribution in [1.29, 1.82) is 0 Å². The molecule has 1 unspecified atom stereocenters. The van der Waals surface area contributed by atoms with Crippen molar-refractivity contribution in [3.63, 3.8) is 0 Å². The number of rotatable bonds is 4. The Morgan fingerprint density at radius 2 is 2.17 bits per heavy atom. The molecule has 1 saturated heterocycles. The number of alkyl carbamates (subject to hydrolysis) is 1. The smallest absolute Gasteiger partial charge is 0.407 e.